The number of halogens is 1. The van der Waals surface area contributed by atoms with Gasteiger partial charge in [-0.15, -0.1) is 0 Å². The van der Waals surface area contributed by atoms with Crippen LogP contribution in [0.3, 0.4) is 0 Å². The van der Waals surface area contributed by atoms with Crippen molar-refractivity contribution in [1.29, 1.82) is 0 Å². The molecule has 0 aliphatic heterocycles. The highest BCUT2D eigenvalue weighted by molar-refractivity contribution is 5.86. The fourth-order valence-corrected chi connectivity index (χ4v) is 1.96. The molecule has 1 aromatic heterocycles. The summed E-state index contributed by atoms with van der Waals surface area (Å²) >= 11 is 0. The molecule has 2 aromatic carbocycles. The fourth-order valence-electron chi connectivity index (χ4n) is 1.96. The number of nitrogens with zero attached hydrogens (tertiary/aromatic N) is 2. The van der Waals surface area contributed by atoms with Crippen molar-refractivity contribution in [3.8, 4) is 11.6 Å². The summed E-state index contributed by atoms with van der Waals surface area (Å²) in [5.74, 6) is 0.650. The minimum Gasteiger partial charge on any atom is -0.438 e. The Kier molecular flexibility index (Phi) is 2.95. The first-order chi connectivity index (χ1) is 9.63. The van der Waals surface area contributed by atoms with Crippen molar-refractivity contribution in [3.63, 3.8) is 0 Å². The molecule has 0 amide bonds. The predicted molar refractivity (Wildman–Crippen MR) is 75.2 cm³/mol. The summed E-state index contributed by atoms with van der Waals surface area (Å²) in [5.41, 5.74) is 7.81. The Labute approximate surface area is 115 Å². The number of ether oxygens (including phenoxy) is 1. The average Bonchev–Trinajstić information content (AvgIpc) is 2.42. The van der Waals surface area contributed by atoms with Gasteiger partial charge in [0.2, 0.25) is 5.88 Å². The lowest BCUT2D eigenvalue weighted by Gasteiger charge is -2.10. The van der Waals surface area contributed by atoms with Crippen molar-refractivity contribution in [3.05, 3.63) is 54.1 Å². The Morgan fingerprint density at radius 2 is 1.95 bits per heavy atom. The lowest BCUT2D eigenvalue weighted by molar-refractivity contribution is 0.462. The molecule has 0 radical (unpaired) electrons. The molecule has 4 nitrogen and oxygen atoms in total. The number of rotatable bonds is 2. The summed E-state index contributed by atoms with van der Waals surface area (Å²) in [6, 6.07) is 9.65. The second kappa shape index (κ2) is 4.77. The zero-order valence-electron chi connectivity index (χ0n) is 10.8. The molecule has 0 unspecified atom stereocenters. The van der Waals surface area contributed by atoms with E-state index in [0.29, 0.717) is 22.9 Å². The van der Waals surface area contributed by atoms with Crippen molar-refractivity contribution in [2.24, 2.45) is 0 Å². The predicted octanol–water partition coefficient (Wildman–Crippen LogP) is 3.45. The van der Waals surface area contributed by atoms with Crippen LogP contribution in [0.15, 0.2) is 42.7 Å². The number of anilines is 1. The van der Waals surface area contributed by atoms with E-state index in [4.69, 9.17) is 10.5 Å². The Hall–Kier alpha value is -2.69. The zero-order chi connectivity index (χ0) is 14.1. The van der Waals surface area contributed by atoms with Crippen molar-refractivity contribution < 1.29 is 9.13 Å². The van der Waals surface area contributed by atoms with Crippen molar-refractivity contribution in [2.45, 2.75) is 6.92 Å². The molecule has 0 aliphatic rings. The molecule has 0 bridgehead atoms. The van der Waals surface area contributed by atoms with Crippen LogP contribution in [-0.4, -0.2) is 9.97 Å². The van der Waals surface area contributed by atoms with Crippen LogP contribution < -0.4 is 10.5 Å². The normalized spacial score (nSPS) is 10.7. The van der Waals surface area contributed by atoms with Crippen LogP contribution in [0.25, 0.3) is 10.9 Å². The minimum absolute atomic E-state index is 0.299. The monoisotopic (exact) mass is 269 g/mol. The van der Waals surface area contributed by atoms with Crippen LogP contribution in [0, 0.1) is 12.7 Å². The van der Waals surface area contributed by atoms with E-state index in [1.807, 2.05) is 0 Å². The topological polar surface area (TPSA) is 61.0 Å². The van der Waals surface area contributed by atoms with Crippen molar-refractivity contribution in [1.82, 2.24) is 9.97 Å². The number of hydrogen-bond acceptors (Lipinski definition) is 4. The Morgan fingerprint density at radius 1 is 1.10 bits per heavy atom. The Bertz CT molecular complexity index is 789. The molecule has 0 saturated heterocycles. The summed E-state index contributed by atoms with van der Waals surface area (Å²) in [6.07, 6.45) is 1.42. The number of nitrogens with two attached hydrogens (primary N) is 1. The number of benzene rings is 2. The molecule has 1 heterocycles. The second-order valence-electron chi connectivity index (χ2n) is 4.47. The number of fused-ring (bicyclic) bond motifs is 1. The molecular weight excluding hydrogens is 257 g/mol. The van der Waals surface area contributed by atoms with Gasteiger partial charge in [0.05, 0.1) is 10.9 Å². The summed E-state index contributed by atoms with van der Waals surface area (Å²) in [5, 5.41) is 0.719. The van der Waals surface area contributed by atoms with Crippen molar-refractivity contribution >= 4 is 16.6 Å². The van der Waals surface area contributed by atoms with Gasteiger partial charge in [0, 0.05) is 5.69 Å². The molecular formula is C15H12FN3O. The van der Waals surface area contributed by atoms with E-state index in [-0.39, 0.29) is 5.82 Å². The van der Waals surface area contributed by atoms with Gasteiger partial charge < -0.3 is 10.5 Å². The second-order valence-corrected chi connectivity index (χ2v) is 4.47. The third-order valence-electron chi connectivity index (χ3n) is 2.97. The van der Waals surface area contributed by atoms with Crippen LogP contribution in [0.5, 0.6) is 11.6 Å². The SMILES string of the molecule is Cc1cc(F)ccc1Oc1ncnc2ccc(N)cc12. The van der Waals surface area contributed by atoms with E-state index < -0.39 is 0 Å². The van der Waals surface area contributed by atoms with Gasteiger partial charge in [0.1, 0.15) is 17.9 Å². The highest BCUT2D eigenvalue weighted by Crippen LogP contribution is 2.29. The highest BCUT2D eigenvalue weighted by atomic mass is 19.1. The van der Waals surface area contributed by atoms with Gasteiger partial charge in [-0.1, -0.05) is 0 Å². The van der Waals surface area contributed by atoms with Gasteiger partial charge in [-0.25, -0.2) is 14.4 Å². The highest BCUT2D eigenvalue weighted by Gasteiger charge is 2.08. The van der Waals surface area contributed by atoms with Gasteiger partial charge in [-0.2, -0.15) is 0 Å². The third kappa shape index (κ3) is 2.25. The van der Waals surface area contributed by atoms with E-state index in [0.717, 1.165) is 10.9 Å². The van der Waals surface area contributed by atoms with Crippen LogP contribution in [0.2, 0.25) is 0 Å². The molecule has 20 heavy (non-hydrogen) atoms. The zero-order valence-corrected chi connectivity index (χ0v) is 10.8. The van der Waals surface area contributed by atoms with E-state index in [9.17, 15) is 4.39 Å². The van der Waals surface area contributed by atoms with Gasteiger partial charge in [-0.05, 0) is 48.9 Å². The van der Waals surface area contributed by atoms with Crippen LogP contribution in [0.4, 0.5) is 10.1 Å². The maximum Gasteiger partial charge on any atom is 0.230 e. The molecule has 3 aromatic rings. The molecule has 0 spiro atoms. The minimum atomic E-state index is -0.299. The number of hydrogen-bond donors (Lipinski definition) is 1. The maximum absolute atomic E-state index is 13.1. The molecule has 5 heteroatoms. The first kappa shape index (κ1) is 12.3. The lowest BCUT2D eigenvalue weighted by atomic mass is 10.2. The van der Waals surface area contributed by atoms with Gasteiger partial charge in [0.25, 0.3) is 0 Å². The molecule has 0 atom stereocenters. The summed E-state index contributed by atoms with van der Waals surface area (Å²) < 4.78 is 18.9. The van der Waals surface area contributed by atoms with Crippen molar-refractivity contribution in [2.75, 3.05) is 5.73 Å². The Morgan fingerprint density at radius 3 is 2.75 bits per heavy atom. The maximum atomic E-state index is 13.1. The van der Waals surface area contributed by atoms with Gasteiger partial charge in [0.15, 0.2) is 0 Å². The lowest BCUT2D eigenvalue weighted by Crippen LogP contribution is -1.94. The third-order valence-corrected chi connectivity index (χ3v) is 2.97. The van der Waals surface area contributed by atoms with Crippen LogP contribution in [0.1, 0.15) is 5.56 Å². The molecule has 100 valence electrons. The van der Waals surface area contributed by atoms with Gasteiger partial charge >= 0.3 is 0 Å². The van der Waals surface area contributed by atoms with E-state index >= 15 is 0 Å². The Balaban J connectivity index is 2.08. The van der Waals surface area contributed by atoms with Crippen LogP contribution in [-0.2, 0) is 0 Å². The quantitative estimate of drug-likeness (QED) is 0.724. The molecule has 0 aliphatic carbocycles. The number of aromatic nitrogens is 2. The van der Waals surface area contributed by atoms with E-state index in [1.54, 1.807) is 31.2 Å². The first-order valence-corrected chi connectivity index (χ1v) is 6.08. The van der Waals surface area contributed by atoms with Gasteiger partial charge in [-0.3, -0.25) is 0 Å². The summed E-state index contributed by atoms with van der Waals surface area (Å²) in [7, 11) is 0. The average molecular weight is 269 g/mol. The smallest absolute Gasteiger partial charge is 0.230 e. The van der Waals surface area contributed by atoms with Crippen LogP contribution >= 0.6 is 0 Å². The fraction of sp³-hybridized carbons (Fsp3) is 0.0667. The number of nitrogen functional groups attached to an aromatic ring is 1. The molecule has 0 saturated carbocycles. The number of aryl methyl sites for hydroxylation is 1. The summed E-state index contributed by atoms with van der Waals surface area (Å²) in [4.78, 5) is 8.28. The van der Waals surface area contributed by atoms with E-state index in [1.165, 1.54) is 18.5 Å². The van der Waals surface area contributed by atoms with E-state index in [2.05, 4.69) is 9.97 Å². The largest absolute Gasteiger partial charge is 0.438 e. The molecule has 0 fully saturated rings. The standard InChI is InChI=1S/C15H12FN3O/c1-9-6-10(16)2-5-14(9)20-15-12-7-11(17)3-4-13(12)18-8-19-15/h2-8H,17H2,1H3. The molecule has 3 rings (SSSR count). The first-order valence-electron chi connectivity index (χ1n) is 6.08. The molecule has 2 N–H and O–H groups in total. The summed E-state index contributed by atoms with van der Waals surface area (Å²) in [6.45, 7) is 1.77.